The highest BCUT2D eigenvalue weighted by Gasteiger charge is 2.38. The third-order valence-electron chi connectivity index (χ3n) is 3.83. The molecule has 4 heteroatoms. The normalized spacial score (nSPS) is 33.1. The average molecular weight is 223 g/mol. The van der Waals surface area contributed by atoms with E-state index >= 15 is 0 Å². The molecule has 0 bridgehead atoms. The molecule has 0 aromatic carbocycles. The van der Waals surface area contributed by atoms with Crippen LogP contribution in [0, 0.1) is 11.8 Å². The van der Waals surface area contributed by atoms with E-state index in [1.54, 1.807) is 11.3 Å². The summed E-state index contributed by atoms with van der Waals surface area (Å²) in [6, 6.07) is 0.558. The largest absolute Gasteiger partial charge is 0.316 e. The third kappa shape index (κ3) is 1.71. The van der Waals surface area contributed by atoms with Crippen LogP contribution in [0.1, 0.15) is 17.8 Å². The number of rotatable bonds is 2. The summed E-state index contributed by atoms with van der Waals surface area (Å²) in [6.45, 7) is 7.27. The first-order chi connectivity index (χ1) is 7.34. The van der Waals surface area contributed by atoms with E-state index in [9.17, 15) is 0 Å². The van der Waals surface area contributed by atoms with Gasteiger partial charge in [-0.25, -0.2) is 0 Å². The van der Waals surface area contributed by atoms with Gasteiger partial charge in [0.1, 0.15) is 0 Å². The molecule has 1 N–H and O–H groups in total. The molecule has 0 radical (unpaired) electrons. The Balaban J connectivity index is 1.69. The van der Waals surface area contributed by atoms with Gasteiger partial charge in [0.05, 0.1) is 5.51 Å². The Labute approximate surface area is 94.5 Å². The van der Waals surface area contributed by atoms with Gasteiger partial charge in [0.15, 0.2) is 0 Å². The fraction of sp³-hybridized carbons (Fsp3) is 0.727. The van der Waals surface area contributed by atoms with E-state index in [4.69, 9.17) is 0 Å². The van der Waals surface area contributed by atoms with Crippen LogP contribution in [-0.4, -0.2) is 36.1 Å². The molecule has 15 heavy (non-hydrogen) atoms. The summed E-state index contributed by atoms with van der Waals surface area (Å²) >= 11 is 1.78. The van der Waals surface area contributed by atoms with Crippen LogP contribution in [0.3, 0.4) is 0 Å². The van der Waals surface area contributed by atoms with Crippen molar-refractivity contribution in [2.24, 2.45) is 11.8 Å². The molecule has 2 saturated heterocycles. The molecular formula is C11H17N3S. The van der Waals surface area contributed by atoms with Crippen LogP contribution in [0.5, 0.6) is 0 Å². The first-order valence-corrected chi connectivity index (χ1v) is 6.55. The molecule has 1 aromatic heterocycles. The quantitative estimate of drug-likeness (QED) is 0.820. The van der Waals surface area contributed by atoms with Crippen molar-refractivity contribution in [1.29, 1.82) is 0 Å². The zero-order valence-electron chi connectivity index (χ0n) is 9.02. The maximum atomic E-state index is 4.17. The Bertz CT molecular complexity index is 313. The number of thiazole rings is 1. The van der Waals surface area contributed by atoms with Gasteiger partial charge in [-0.2, -0.15) is 0 Å². The molecular weight excluding hydrogens is 206 g/mol. The van der Waals surface area contributed by atoms with Crippen LogP contribution in [0.25, 0.3) is 0 Å². The molecule has 0 amide bonds. The van der Waals surface area contributed by atoms with Gasteiger partial charge in [-0.1, -0.05) is 0 Å². The second-order valence-electron chi connectivity index (χ2n) is 4.71. The van der Waals surface area contributed by atoms with Crippen molar-refractivity contribution in [2.45, 2.75) is 13.0 Å². The molecule has 1 aromatic rings. The number of likely N-dealkylation sites (tertiary alicyclic amines) is 1. The Morgan fingerprint density at radius 3 is 2.80 bits per heavy atom. The first kappa shape index (κ1) is 9.75. The van der Waals surface area contributed by atoms with Crippen molar-refractivity contribution in [2.75, 3.05) is 26.2 Å². The van der Waals surface area contributed by atoms with Crippen molar-refractivity contribution in [3.8, 4) is 0 Å². The van der Waals surface area contributed by atoms with E-state index < -0.39 is 0 Å². The highest BCUT2D eigenvalue weighted by molar-refractivity contribution is 7.09. The summed E-state index contributed by atoms with van der Waals surface area (Å²) in [5, 5.41) is 3.48. The zero-order valence-corrected chi connectivity index (χ0v) is 9.83. The molecule has 3 nitrogen and oxygen atoms in total. The second kappa shape index (κ2) is 3.85. The van der Waals surface area contributed by atoms with E-state index in [1.807, 2.05) is 11.7 Å². The van der Waals surface area contributed by atoms with E-state index in [1.165, 1.54) is 31.1 Å². The predicted octanol–water partition coefficient (Wildman–Crippen LogP) is 1.36. The van der Waals surface area contributed by atoms with Crippen LogP contribution in [0.2, 0.25) is 0 Å². The molecule has 0 spiro atoms. The molecule has 3 rings (SSSR count). The van der Waals surface area contributed by atoms with Gasteiger partial charge in [0.2, 0.25) is 0 Å². The lowest BCUT2D eigenvalue weighted by Crippen LogP contribution is -2.28. The average Bonchev–Trinajstić information content (AvgIpc) is 2.92. The van der Waals surface area contributed by atoms with Crippen LogP contribution in [0.15, 0.2) is 11.7 Å². The minimum Gasteiger partial charge on any atom is -0.316 e. The standard InChI is InChI=1S/C11H17N3S/c1-8(11-4-13-7-15-11)14-5-9-2-12-3-10(9)6-14/h4,7-10,12H,2-3,5-6H2,1H3/t8?,9-,10+. The lowest BCUT2D eigenvalue weighted by atomic mass is 10.0. The Hall–Kier alpha value is -0.450. The second-order valence-corrected chi connectivity index (χ2v) is 5.63. The van der Waals surface area contributed by atoms with Gasteiger partial charge in [-0.3, -0.25) is 9.88 Å². The molecule has 1 unspecified atom stereocenters. The molecule has 0 saturated carbocycles. The number of hydrogen-bond donors (Lipinski definition) is 1. The zero-order chi connectivity index (χ0) is 10.3. The lowest BCUT2D eigenvalue weighted by Gasteiger charge is -2.23. The van der Waals surface area contributed by atoms with Gasteiger partial charge < -0.3 is 5.32 Å². The summed E-state index contributed by atoms with van der Waals surface area (Å²) in [6.07, 6.45) is 2.02. The summed E-state index contributed by atoms with van der Waals surface area (Å²) in [5.41, 5.74) is 1.93. The van der Waals surface area contributed by atoms with Gasteiger partial charge in [-0.05, 0) is 31.8 Å². The minimum atomic E-state index is 0.558. The van der Waals surface area contributed by atoms with Crippen LogP contribution in [-0.2, 0) is 0 Å². The van der Waals surface area contributed by atoms with Gasteiger partial charge in [-0.15, -0.1) is 11.3 Å². The van der Waals surface area contributed by atoms with Gasteiger partial charge >= 0.3 is 0 Å². The van der Waals surface area contributed by atoms with Crippen LogP contribution < -0.4 is 5.32 Å². The number of aromatic nitrogens is 1. The van der Waals surface area contributed by atoms with E-state index in [2.05, 4.69) is 22.1 Å². The Morgan fingerprint density at radius 1 is 1.47 bits per heavy atom. The molecule has 82 valence electrons. The molecule has 2 aliphatic heterocycles. The Kier molecular flexibility index (Phi) is 2.50. The molecule has 2 aliphatic rings. The van der Waals surface area contributed by atoms with Gasteiger partial charge in [0.25, 0.3) is 0 Å². The number of nitrogens with one attached hydrogen (secondary N) is 1. The van der Waals surface area contributed by atoms with Crippen molar-refractivity contribution in [1.82, 2.24) is 15.2 Å². The maximum Gasteiger partial charge on any atom is 0.0794 e. The monoisotopic (exact) mass is 223 g/mol. The van der Waals surface area contributed by atoms with E-state index in [0.29, 0.717) is 6.04 Å². The van der Waals surface area contributed by atoms with Crippen molar-refractivity contribution < 1.29 is 0 Å². The predicted molar refractivity (Wildman–Crippen MR) is 62.0 cm³/mol. The highest BCUT2D eigenvalue weighted by atomic mass is 32.1. The van der Waals surface area contributed by atoms with E-state index in [-0.39, 0.29) is 0 Å². The summed E-state index contributed by atoms with van der Waals surface area (Å²) in [5.74, 6) is 1.78. The molecule has 0 aliphatic carbocycles. The smallest absolute Gasteiger partial charge is 0.0794 e. The van der Waals surface area contributed by atoms with Crippen LogP contribution >= 0.6 is 11.3 Å². The molecule has 3 atom stereocenters. The fourth-order valence-electron chi connectivity index (χ4n) is 2.82. The summed E-state index contributed by atoms with van der Waals surface area (Å²) < 4.78 is 0. The summed E-state index contributed by atoms with van der Waals surface area (Å²) in [7, 11) is 0. The van der Waals surface area contributed by atoms with Crippen LogP contribution in [0.4, 0.5) is 0 Å². The number of hydrogen-bond acceptors (Lipinski definition) is 4. The third-order valence-corrected chi connectivity index (χ3v) is 4.77. The highest BCUT2D eigenvalue weighted by Crippen LogP contribution is 2.33. The maximum absolute atomic E-state index is 4.17. The molecule has 3 heterocycles. The number of fused-ring (bicyclic) bond motifs is 1. The Morgan fingerprint density at radius 2 is 2.20 bits per heavy atom. The van der Waals surface area contributed by atoms with Crippen molar-refractivity contribution >= 4 is 11.3 Å². The fourth-order valence-corrected chi connectivity index (χ4v) is 3.53. The van der Waals surface area contributed by atoms with Gasteiger partial charge in [0, 0.05) is 30.2 Å². The lowest BCUT2D eigenvalue weighted by molar-refractivity contribution is 0.247. The summed E-state index contributed by atoms with van der Waals surface area (Å²) in [4.78, 5) is 8.19. The molecule has 2 fully saturated rings. The SMILES string of the molecule is CC(c1cncs1)N1C[C@H]2CNC[C@H]2C1. The van der Waals surface area contributed by atoms with E-state index in [0.717, 1.165) is 11.8 Å². The topological polar surface area (TPSA) is 28.2 Å². The van der Waals surface area contributed by atoms with Crippen molar-refractivity contribution in [3.63, 3.8) is 0 Å². The first-order valence-electron chi connectivity index (χ1n) is 5.68. The van der Waals surface area contributed by atoms with Crippen molar-refractivity contribution in [3.05, 3.63) is 16.6 Å². The number of nitrogens with zero attached hydrogens (tertiary/aromatic N) is 2. The minimum absolute atomic E-state index is 0.558.